The molecule has 4 rings (SSSR count). The van der Waals surface area contributed by atoms with E-state index in [0.29, 0.717) is 30.1 Å². The van der Waals surface area contributed by atoms with Crippen LogP contribution in [0.1, 0.15) is 34.0 Å². The molecule has 0 spiro atoms. The van der Waals surface area contributed by atoms with Crippen molar-refractivity contribution in [1.82, 2.24) is 5.16 Å². The molecule has 0 aliphatic heterocycles. The van der Waals surface area contributed by atoms with Crippen LogP contribution in [-0.4, -0.2) is 48.0 Å². The number of methoxy groups -OCH3 is 4. The molecule has 0 saturated heterocycles. The minimum atomic E-state index is -4.24. The minimum Gasteiger partial charge on any atom is -0.497 e. The molecule has 1 N–H and O–H groups in total. The van der Waals surface area contributed by atoms with Crippen LogP contribution < -0.4 is 18.9 Å². The van der Waals surface area contributed by atoms with Crippen LogP contribution >= 0.6 is 0 Å². The van der Waals surface area contributed by atoms with E-state index in [1.807, 2.05) is 25.1 Å². The molecule has 0 aliphatic rings. The monoisotopic (exact) mass is 540 g/mol. The fraction of sp³-hybridized carbons (Fsp3) is 0.259. The van der Waals surface area contributed by atoms with E-state index in [1.54, 1.807) is 26.4 Å². The zero-order valence-electron chi connectivity index (χ0n) is 21.7. The predicted octanol–water partition coefficient (Wildman–Crippen LogP) is 4.59. The van der Waals surface area contributed by atoms with Gasteiger partial charge in [-0.1, -0.05) is 24.2 Å². The number of aryl methyl sites for hydroxylation is 1. The molecule has 0 radical (unpaired) electrons. The number of ether oxygens (including phenoxy) is 4. The first-order valence-electron chi connectivity index (χ1n) is 11.7. The first-order chi connectivity index (χ1) is 18.2. The number of esters is 1. The van der Waals surface area contributed by atoms with E-state index in [4.69, 9.17) is 23.5 Å². The molecule has 0 atom stereocenters. The molecule has 0 amide bonds. The molecule has 4 aromatic rings. The van der Waals surface area contributed by atoms with Crippen LogP contribution in [0.25, 0.3) is 11.0 Å². The van der Waals surface area contributed by atoms with Gasteiger partial charge < -0.3 is 23.5 Å². The lowest BCUT2D eigenvalue weighted by molar-refractivity contribution is 0.0601. The van der Waals surface area contributed by atoms with Gasteiger partial charge in [0.15, 0.2) is 5.58 Å². The molecule has 38 heavy (non-hydrogen) atoms. The van der Waals surface area contributed by atoms with Crippen LogP contribution in [0.3, 0.4) is 0 Å². The van der Waals surface area contributed by atoms with Crippen LogP contribution in [0.2, 0.25) is 0 Å². The van der Waals surface area contributed by atoms with Crippen molar-refractivity contribution in [3.8, 4) is 17.2 Å². The summed E-state index contributed by atoms with van der Waals surface area (Å²) in [6.07, 6.45) is 1.06. The zero-order valence-corrected chi connectivity index (χ0v) is 22.5. The van der Waals surface area contributed by atoms with Gasteiger partial charge in [-0.2, -0.15) is 8.42 Å². The van der Waals surface area contributed by atoms with E-state index >= 15 is 0 Å². The summed E-state index contributed by atoms with van der Waals surface area (Å²) in [5, 5.41) is 3.56. The SMILES string of the molecule is CCc1cc(Cc2ccc(OC)cc2OC)c(OC)c(NS(=O)(=O)c2noc3ccc(C(=O)OC)cc23)c1. The highest BCUT2D eigenvalue weighted by Gasteiger charge is 2.26. The minimum absolute atomic E-state index is 0.147. The summed E-state index contributed by atoms with van der Waals surface area (Å²) in [6.45, 7) is 1.97. The fourth-order valence-electron chi connectivity index (χ4n) is 4.16. The fourth-order valence-corrected chi connectivity index (χ4v) is 5.28. The summed E-state index contributed by atoms with van der Waals surface area (Å²) >= 11 is 0. The Balaban J connectivity index is 1.77. The molecule has 3 aromatic carbocycles. The molecular formula is C27H28N2O8S. The number of carbonyl (C=O) groups excluding carboxylic acids is 1. The summed E-state index contributed by atoms with van der Waals surface area (Å²) in [7, 11) is 1.63. The molecule has 10 nitrogen and oxygen atoms in total. The third kappa shape index (κ3) is 5.23. The summed E-state index contributed by atoms with van der Waals surface area (Å²) in [5.41, 5.74) is 3.14. The van der Waals surface area contributed by atoms with Crippen LogP contribution in [-0.2, 0) is 27.6 Å². The Morgan fingerprint density at radius 1 is 0.947 bits per heavy atom. The molecule has 0 bridgehead atoms. The van der Waals surface area contributed by atoms with Crippen molar-refractivity contribution >= 4 is 32.6 Å². The van der Waals surface area contributed by atoms with E-state index in [1.165, 1.54) is 32.4 Å². The largest absolute Gasteiger partial charge is 0.497 e. The maximum atomic E-state index is 13.5. The average molecular weight is 541 g/mol. The highest BCUT2D eigenvalue weighted by molar-refractivity contribution is 7.92. The van der Waals surface area contributed by atoms with E-state index < -0.39 is 16.0 Å². The van der Waals surface area contributed by atoms with Crippen molar-refractivity contribution in [2.45, 2.75) is 24.8 Å². The number of nitrogens with one attached hydrogen (secondary N) is 1. The van der Waals surface area contributed by atoms with Crippen molar-refractivity contribution in [3.05, 3.63) is 70.8 Å². The van der Waals surface area contributed by atoms with Crippen molar-refractivity contribution in [1.29, 1.82) is 0 Å². The topological polar surface area (TPSA) is 126 Å². The molecule has 0 saturated carbocycles. The quantitative estimate of drug-likeness (QED) is 0.287. The molecule has 0 fully saturated rings. The van der Waals surface area contributed by atoms with Crippen molar-refractivity contribution in [2.24, 2.45) is 0 Å². The number of rotatable bonds is 10. The first-order valence-corrected chi connectivity index (χ1v) is 13.1. The highest BCUT2D eigenvalue weighted by atomic mass is 32.2. The number of sulfonamides is 1. The summed E-state index contributed by atoms with van der Waals surface area (Å²) in [5.74, 6) is 1.03. The van der Waals surface area contributed by atoms with Crippen molar-refractivity contribution < 1.29 is 36.7 Å². The Labute approximate surface area is 220 Å². The first kappa shape index (κ1) is 26.8. The Hall–Kier alpha value is -4.25. The summed E-state index contributed by atoms with van der Waals surface area (Å²) in [4.78, 5) is 12.0. The van der Waals surface area contributed by atoms with Gasteiger partial charge in [-0.3, -0.25) is 4.72 Å². The summed E-state index contributed by atoms with van der Waals surface area (Å²) < 4.78 is 56.1. The molecule has 0 aliphatic carbocycles. The van der Waals surface area contributed by atoms with Gasteiger partial charge in [0.25, 0.3) is 10.0 Å². The molecule has 11 heteroatoms. The lowest BCUT2D eigenvalue weighted by atomic mass is 9.99. The number of hydrogen-bond acceptors (Lipinski definition) is 9. The molecule has 200 valence electrons. The second-order valence-electron chi connectivity index (χ2n) is 8.34. The van der Waals surface area contributed by atoms with Gasteiger partial charge in [-0.15, -0.1) is 0 Å². The number of hydrogen-bond donors (Lipinski definition) is 1. The van der Waals surface area contributed by atoms with Crippen LogP contribution in [0.15, 0.2) is 58.1 Å². The van der Waals surface area contributed by atoms with Gasteiger partial charge >= 0.3 is 5.97 Å². The highest BCUT2D eigenvalue weighted by Crippen LogP contribution is 2.37. The number of carbonyl (C=O) groups is 1. The maximum Gasteiger partial charge on any atom is 0.337 e. The van der Waals surface area contributed by atoms with E-state index in [2.05, 4.69) is 9.88 Å². The van der Waals surface area contributed by atoms with Gasteiger partial charge in [0.1, 0.15) is 17.2 Å². The Kier molecular flexibility index (Phi) is 7.77. The molecular weight excluding hydrogens is 512 g/mol. The lowest BCUT2D eigenvalue weighted by Crippen LogP contribution is -2.15. The zero-order chi connectivity index (χ0) is 27.4. The van der Waals surface area contributed by atoms with Gasteiger partial charge in [0.2, 0.25) is 5.03 Å². The predicted molar refractivity (Wildman–Crippen MR) is 141 cm³/mol. The van der Waals surface area contributed by atoms with E-state index in [9.17, 15) is 13.2 Å². The molecule has 0 unspecified atom stereocenters. The van der Waals surface area contributed by atoms with Crippen LogP contribution in [0.4, 0.5) is 5.69 Å². The van der Waals surface area contributed by atoms with E-state index in [-0.39, 0.29) is 27.2 Å². The number of benzene rings is 3. The van der Waals surface area contributed by atoms with Crippen molar-refractivity contribution in [2.75, 3.05) is 33.2 Å². The third-order valence-electron chi connectivity index (χ3n) is 6.07. The van der Waals surface area contributed by atoms with Gasteiger partial charge in [0, 0.05) is 18.1 Å². The third-order valence-corrected chi connectivity index (χ3v) is 7.36. The standard InChI is InChI=1S/C27H28N2O8S/c1-6-16-11-19(13-17-7-9-20(33-2)15-24(17)34-3)25(35-4)22(12-16)29-38(31,32)26-21-14-18(27(30)36-5)8-10-23(21)37-28-26/h7-12,14-15,29H,6,13H2,1-5H3. The van der Waals surface area contributed by atoms with Gasteiger partial charge in [-0.25, -0.2) is 4.79 Å². The number of aromatic nitrogens is 1. The van der Waals surface area contributed by atoms with E-state index in [0.717, 1.165) is 16.7 Å². The van der Waals surface area contributed by atoms with Crippen LogP contribution in [0.5, 0.6) is 17.2 Å². The normalized spacial score (nSPS) is 11.3. The molecule has 1 heterocycles. The van der Waals surface area contributed by atoms with Crippen molar-refractivity contribution in [3.63, 3.8) is 0 Å². The Morgan fingerprint density at radius 3 is 2.39 bits per heavy atom. The Bertz CT molecular complexity index is 1590. The Morgan fingerprint density at radius 2 is 1.74 bits per heavy atom. The van der Waals surface area contributed by atoms with Gasteiger partial charge in [-0.05, 0) is 47.9 Å². The average Bonchev–Trinajstić information content (AvgIpc) is 3.37. The number of nitrogens with zero attached hydrogens (tertiary/aromatic N) is 1. The number of fused-ring (bicyclic) bond motifs is 1. The summed E-state index contributed by atoms with van der Waals surface area (Å²) in [6, 6.07) is 13.5. The smallest absolute Gasteiger partial charge is 0.337 e. The second kappa shape index (κ2) is 11.0. The second-order valence-corrected chi connectivity index (χ2v) is 9.94. The number of anilines is 1. The van der Waals surface area contributed by atoms with Crippen LogP contribution in [0, 0.1) is 0 Å². The maximum absolute atomic E-state index is 13.5. The lowest BCUT2D eigenvalue weighted by Gasteiger charge is -2.18. The van der Waals surface area contributed by atoms with Gasteiger partial charge in [0.05, 0.1) is 45.1 Å². The molecule has 1 aromatic heterocycles.